The Morgan fingerprint density at radius 2 is 1.81 bits per heavy atom. The predicted octanol–water partition coefficient (Wildman–Crippen LogP) is 3.59. The van der Waals surface area contributed by atoms with Crippen LogP contribution in [-0.4, -0.2) is 27.5 Å². The zero-order valence-electron chi connectivity index (χ0n) is 16.9. The third-order valence-electron chi connectivity index (χ3n) is 4.33. The van der Waals surface area contributed by atoms with Crippen molar-refractivity contribution in [1.82, 2.24) is 9.78 Å². The Morgan fingerprint density at radius 3 is 2.30 bits per heavy atom. The summed E-state index contributed by atoms with van der Waals surface area (Å²) in [5.41, 5.74) is 1.38. The summed E-state index contributed by atoms with van der Waals surface area (Å²) in [6.45, 7) is 12.0. The van der Waals surface area contributed by atoms with E-state index in [1.54, 1.807) is 6.92 Å². The van der Waals surface area contributed by atoms with Crippen LogP contribution in [0.3, 0.4) is 0 Å². The van der Waals surface area contributed by atoms with Crippen LogP contribution in [0, 0.1) is 0 Å². The molecule has 0 aliphatic carbocycles. The molecule has 1 aromatic heterocycles. The highest BCUT2D eigenvalue weighted by Gasteiger charge is 2.25. The lowest BCUT2D eigenvalue weighted by atomic mass is 9.87. The van der Waals surface area contributed by atoms with E-state index in [4.69, 9.17) is 4.74 Å². The average Bonchev–Trinajstić information content (AvgIpc) is 2.57. The Labute approximate surface area is 159 Å². The van der Waals surface area contributed by atoms with Crippen molar-refractivity contribution in [2.24, 2.45) is 0 Å². The molecule has 0 amide bonds. The molecule has 0 fully saturated rings. The van der Waals surface area contributed by atoms with Crippen molar-refractivity contribution in [3.8, 4) is 5.75 Å². The molecule has 1 N–H and O–H groups in total. The number of hydrogen-bond donors (Lipinski definition) is 1. The smallest absolute Gasteiger partial charge is 0.347 e. The molecule has 6 nitrogen and oxygen atoms in total. The van der Waals surface area contributed by atoms with Gasteiger partial charge in [-0.05, 0) is 23.5 Å². The van der Waals surface area contributed by atoms with Gasteiger partial charge in [-0.25, -0.2) is 9.48 Å². The zero-order chi connectivity index (χ0) is 20.4. The molecule has 0 aliphatic heterocycles. The fraction of sp³-hybridized carbons (Fsp3) is 0.476. The van der Waals surface area contributed by atoms with E-state index in [0.717, 1.165) is 5.56 Å². The van der Waals surface area contributed by atoms with Crippen molar-refractivity contribution in [3.05, 3.63) is 57.0 Å². The van der Waals surface area contributed by atoms with Gasteiger partial charge in [0.1, 0.15) is 5.69 Å². The van der Waals surface area contributed by atoms with Crippen molar-refractivity contribution in [1.29, 1.82) is 0 Å². The van der Waals surface area contributed by atoms with E-state index in [0.29, 0.717) is 5.69 Å². The number of aromatic nitrogens is 2. The Balaban J connectivity index is 2.50. The lowest BCUT2D eigenvalue weighted by Crippen LogP contribution is -2.31. The van der Waals surface area contributed by atoms with Crippen molar-refractivity contribution in [2.45, 2.75) is 59.4 Å². The first-order chi connectivity index (χ1) is 12.6. The van der Waals surface area contributed by atoms with Crippen LogP contribution in [0.5, 0.6) is 5.75 Å². The van der Waals surface area contributed by atoms with E-state index in [1.807, 2.05) is 38.1 Å². The van der Waals surface area contributed by atoms with Crippen LogP contribution in [-0.2, 0) is 16.7 Å². The van der Waals surface area contributed by atoms with Crippen molar-refractivity contribution < 1.29 is 14.6 Å². The lowest BCUT2D eigenvalue weighted by molar-refractivity contribution is 0.0519. The maximum Gasteiger partial charge on any atom is 0.347 e. The highest BCUT2D eigenvalue weighted by Crippen LogP contribution is 2.26. The van der Waals surface area contributed by atoms with Gasteiger partial charge in [0.05, 0.1) is 13.2 Å². The lowest BCUT2D eigenvalue weighted by Gasteiger charge is -2.19. The van der Waals surface area contributed by atoms with E-state index in [1.165, 1.54) is 10.2 Å². The third-order valence-corrected chi connectivity index (χ3v) is 4.33. The van der Waals surface area contributed by atoms with Gasteiger partial charge in [-0.15, -0.1) is 0 Å². The number of rotatable bonds is 5. The van der Waals surface area contributed by atoms with Crippen LogP contribution < -0.4 is 5.56 Å². The van der Waals surface area contributed by atoms with Gasteiger partial charge in [-0.3, -0.25) is 4.79 Å². The van der Waals surface area contributed by atoms with Crippen LogP contribution in [0.1, 0.15) is 74.6 Å². The van der Waals surface area contributed by atoms with Crippen molar-refractivity contribution >= 4 is 5.97 Å². The van der Waals surface area contributed by atoms with Gasteiger partial charge >= 0.3 is 5.97 Å². The molecule has 0 radical (unpaired) electrons. The summed E-state index contributed by atoms with van der Waals surface area (Å²) in [5, 5.41) is 14.7. The number of nitrogens with zero attached hydrogens (tertiary/aromatic N) is 2. The normalized spacial score (nSPS) is 11.7. The molecule has 6 heteroatoms. The molecule has 0 aliphatic rings. The molecule has 0 spiro atoms. The second-order valence-electron chi connectivity index (χ2n) is 7.89. The molecular weight excluding hydrogens is 344 g/mol. The van der Waals surface area contributed by atoms with Crippen LogP contribution in [0.2, 0.25) is 0 Å². The summed E-state index contributed by atoms with van der Waals surface area (Å²) in [6, 6.07) is 7.94. The van der Waals surface area contributed by atoms with Crippen LogP contribution in [0.4, 0.5) is 0 Å². The fourth-order valence-electron chi connectivity index (χ4n) is 2.75. The first-order valence-electron chi connectivity index (χ1n) is 9.16. The minimum atomic E-state index is -0.832. The first kappa shape index (κ1) is 20.7. The minimum absolute atomic E-state index is 0.0358. The molecule has 0 bridgehead atoms. The minimum Gasteiger partial charge on any atom is -0.505 e. The van der Waals surface area contributed by atoms with E-state index < -0.39 is 17.3 Å². The Morgan fingerprint density at radius 1 is 1.22 bits per heavy atom. The molecule has 1 aromatic carbocycles. The number of aromatic hydroxyl groups is 1. The second kappa shape index (κ2) is 7.94. The monoisotopic (exact) mass is 372 g/mol. The van der Waals surface area contributed by atoms with E-state index in [9.17, 15) is 14.7 Å². The molecule has 27 heavy (non-hydrogen) atoms. The summed E-state index contributed by atoms with van der Waals surface area (Å²) < 4.78 is 6.16. The Bertz CT molecular complexity index is 875. The van der Waals surface area contributed by atoms with Gasteiger partial charge in [0.25, 0.3) is 5.56 Å². The van der Waals surface area contributed by atoms with Crippen molar-refractivity contribution in [3.63, 3.8) is 0 Å². The first-order valence-corrected chi connectivity index (χ1v) is 9.16. The Kier molecular flexibility index (Phi) is 6.08. The molecule has 0 saturated heterocycles. The van der Waals surface area contributed by atoms with Gasteiger partial charge in [-0.2, -0.15) is 5.10 Å². The van der Waals surface area contributed by atoms with Crippen molar-refractivity contribution in [2.75, 3.05) is 6.61 Å². The summed E-state index contributed by atoms with van der Waals surface area (Å²) in [5.74, 6) is -1.39. The number of carbonyl (C=O) groups is 1. The second-order valence-corrected chi connectivity index (χ2v) is 7.89. The predicted molar refractivity (Wildman–Crippen MR) is 104 cm³/mol. The van der Waals surface area contributed by atoms with Gasteiger partial charge in [0.2, 0.25) is 0 Å². The molecule has 146 valence electrons. The molecular formula is C21H28N2O4. The molecule has 2 rings (SSSR count). The maximum absolute atomic E-state index is 12.8. The van der Waals surface area contributed by atoms with Crippen LogP contribution >= 0.6 is 0 Å². The zero-order valence-corrected chi connectivity index (χ0v) is 16.9. The van der Waals surface area contributed by atoms with Gasteiger partial charge in [-0.1, -0.05) is 58.9 Å². The molecule has 0 unspecified atom stereocenters. The van der Waals surface area contributed by atoms with Gasteiger partial charge < -0.3 is 9.84 Å². The van der Waals surface area contributed by atoms with Crippen LogP contribution in [0.25, 0.3) is 0 Å². The number of hydrogen-bond acceptors (Lipinski definition) is 5. The highest BCUT2D eigenvalue weighted by atomic mass is 16.5. The largest absolute Gasteiger partial charge is 0.505 e. The van der Waals surface area contributed by atoms with Gasteiger partial charge in [0.15, 0.2) is 11.3 Å². The number of esters is 1. The number of ether oxygens (including phenoxy) is 1. The summed E-state index contributed by atoms with van der Waals surface area (Å²) >= 11 is 0. The molecule has 2 aromatic rings. The Hall–Kier alpha value is -2.63. The van der Waals surface area contributed by atoms with E-state index in [-0.39, 0.29) is 30.0 Å². The fourth-order valence-corrected chi connectivity index (χ4v) is 2.75. The number of carbonyl (C=O) groups excluding carboxylic acids is 1. The van der Waals surface area contributed by atoms with Gasteiger partial charge in [0, 0.05) is 5.92 Å². The summed E-state index contributed by atoms with van der Waals surface area (Å²) in [6.07, 6.45) is 0. The third kappa shape index (κ3) is 4.56. The molecule has 1 heterocycles. The summed E-state index contributed by atoms with van der Waals surface area (Å²) in [4.78, 5) is 24.9. The van der Waals surface area contributed by atoms with Crippen LogP contribution in [0.15, 0.2) is 29.1 Å². The maximum atomic E-state index is 12.8. The standard InChI is InChI=1S/C21H28N2O4/c1-7-27-20(26)16-18(24)17(13(2)3)22-23(19(16)25)12-14-8-10-15(11-9-14)21(4,5)6/h8-11,13,24H,7,12H2,1-6H3. The average molecular weight is 372 g/mol. The topological polar surface area (TPSA) is 81.4 Å². The highest BCUT2D eigenvalue weighted by molar-refractivity contribution is 5.92. The SMILES string of the molecule is CCOC(=O)c1c(O)c(C(C)C)nn(Cc2ccc(C(C)(C)C)cc2)c1=O. The quantitative estimate of drug-likeness (QED) is 0.811. The number of benzene rings is 1. The van der Waals surface area contributed by atoms with E-state index >= 15 is 0 Å². The molecule has 0 saturated carbocycles. The van der Waals surface area contributed by atoms with E-state index in [2.05, 4.69) is 25.9 Å². The summed E-state index contributed by atoms with van der Waals surface area (Å²) in [7, 11) is 0. The molecule has 0 atom stereocenters.